The van der Waals surface area contributed by atoms with Crippen LogP contribution in [0.2, 0.25) is 5.04 Å². The third-order valence-electron chi connectivity index (χ3n) is 11.1. The molecule has 0 radical (unpaired) electrons. The molecule has 3 aromatic carbocycles. The summed E-state index contributed by atoms with van der Waals surface area (Å²) in [7, 11) is -2.73. The van der Waals surface area contributed by atoms with Gasteiger partial charge in [0.05, 0.1) is 12.7 Å². The van der Waals surface area contributed by atoms with Crippen LogP contribution in [-0.2, 0) is 39.6 Å². The maximum absolute atomic E-state index is 14.6. The summed E-state index contributed by atoms with van der Waals surface area (Å²) in [6.45, 7) is 20.3. The lowest BCUT2D eigenvalue weighted by molar-refractivity contribution is -0.189. The molecule has 9 nitrogen and oxygen atoms in total. The number of esters is 1. The summed E-state index contributed by atoms with van der Waals surface area (Å²) in [6.07, 6.45) is 0.793. The summed E-state index contributed by atoms with van der Waals surface area (Å²) in [5, 5.41) is 5.00. The van der Waals surface area contributed by atoms with Gasteiger partial charge in [0.1, 0.15) is 22.4 Å². The van der Waals surface area contributed by atoms with E-state index in [0.717, 1.165) is 5.56 Å². The van der Waals surface area contributed by atoms with Crippen molar-refractivity contribution in [2.45, 2.75) is 143 Å². The standard InChI is InChI=1S/C49H69NO8Si/c1-36-33-42(52)49(44(53)57-46(2,3)4,30-22-31-50-45(54)58-47(5,6)7)41(43(36)55-35-37-23-14-11-15-24-37)34-38(51)25-20-21-32-56-59(48(8,9)10,39-26-16-12-17-27-39)40-28-18-13-19-29-40/h11-19,23-24,26-29,36,41,43H,20-22,25,30-35H2,1-10H3,(H,50,54)/t36-,41+,43+,49-/m0/s1. The molecule has 1 N–H and O–H groups in total. The zero-order valence-electron chi connectivity index (χ0n) is 37.2. The average Bonchev–Trinajstić information content (AvgIpc) is 3.15. The van der Waals surface area contributed by atoms with Gasteiger partial charge in [-0.1, -0.05) is 119 Å². The van der Waals surface area contributed by atoms with Crippen LogP contribution >= 0.6 is 0 Å². The summed E-state index contributed by atoms with van der Waals surface area (Å²) < 4.78 is 25.2. The predicted molar refractivity (Wildman–Crippen MR) is 236 cm³/mol. The van der Waals surface area contributed by atoms with Crippen LogP contribution in [0.1, 0.15) is 120 Å². The Morgan fingerprint density at radius 3 is 1.81 bits per heavy atom. The lowest BCUT2D eigenvalue weighted by Crippen LogP contribution is -2.66. The van der Waals surface area contributed by atoms with E-state index in [4.69, 9.17) is 18.6 Å². The number of rotatable bonds is 18. The number of hydrogen-bond acceptors (Lipinski definition) is 8. The molecule has 0 spiro atoms. The largest absolute Gasteiger partial charge is 0.459 e. The first-order chi connectivity index (χ1) is 27.7. The van der Waals surface area contributed by atoms with Crippen molar-refractivity contribution in [2.75, 3.05) is 13.2 Å². The zero-order valence-corrected chi connectivity index (χ0v) is 38.2. The molecule has 0 unspecified atom stereocenters. The summed E-state index contributed by atoms with van der Waals surface area (Å²) in [4.78, 5) is 55.8. The van der Waals surface area contributed by atoms with Crippen molar-refractivity contribution in [1.82, 2.24) is 5.32 Å². The number of ketones is 2. The summed E-state index contributed by atoms with van der Waals surface area (Å²) in [5.74, 6) is -1.98. The van der Waals surface area contributed by atoms with Crippen LogP contribution in [0.25, 0.3) is 0 Å². The second-order valence-electron chi connectivity index (χ2n) is 19.2. The molecule has 1 aliphatic rings. The molecule has 10 heteroatoms. The number of nitrogens with one attached hydrogen (secondary N) is 1. The third kappa shape index (κ3) is 12.7. The Labute approximate surface area is 354 Å². The zero-order chi connectivity index (χ0) is 43.5. The van der Waals surface area contributed by atoms with Crippen molar-refractivity contribution < 1.29 is 37.8 Å². The first-order valence-electron chi connectivity index (χ1n) is 21.4. The molecule has 1 aliphatic carbocycles. The number of benzene rings is 3. The highest BCUT2D eigenvalue weighted by molar-refractivity contribution is 6.99. The minimum atomic E-state index is -2.73. The van der Waals surface area contributed by atoms with Gasteiger partial charge >= 0.3 is 12.1 Å². The van der Waals surface area contributed by atoms with Crippen LogP contribution in [-0.4, -0.2) is 62.4 Å². The Bertz CT molecular complexity index is 1770. The molecular weight excluding hydrogens is 759 g/mol. The SMILES string of the molecule is C[C@H]1CC(=O)[C@@](CCCNC(=O)OC(C)(C)C)(C(=O)OC(C)(C)C)[C@H](CC(=O)CCCCO[Si](c2ccccc2)(c2ccccc2)C(C)(C)C)[C@@H]1OCc1ccccc1. The monoisotopic (exact) mass is 827 g/mol. The van der Waals surface area contributed by atoms with E-state index in [-0.39, 0.29) is 67.8 Å². The van der Waals surface area contributed by atoms with Crippen LogP contribution in [0.15, 0.2) is 91.0 Å². The van der Waals surface area contributed by atoms with Gasteiger partial charge in [0.2, 0.25) is 0 Å². The van der Waals surface area contributed by atoms with Gasteiger partial charge in [-0.2, -0.15) is 0 Å². The average molecular weight is 828 g/mol. The van der Waals surface area contributed by atoms with Gasteiger partial charge < -0.3 is 24.0 Å². The van der Waals surface area contributed by atoms with E-state index in [1.165, 1.54) is 10.4 Å². The number of Topliss-reactive ketones (excluding diaryl/α,β-unsaturated/α-hetero) is 2. The fraction of sp³-hybridized carbons (Fsp3) is 0.551. The normalized spacial score (nSPS) is 20.2. The maximum atomic E-state index is 14.6. The van der Waals surface area contributed by atoms with E-state index in [9.17, 15) is 19.2 Å². The van der Waals surface area contributed by atoms with Gasteiger partial charge in [-0.3, -0.25) is 14.4 Å². The molecule has 322 valence electrons. The highest BCUT2D eigenvalue weighted by Crippen LogP contribution is 2.49. The lowest BCUT2D eigenvalue weighted by Gasteiger charge is -2.48. The Kier molecular flexibility index (Phi) is 16.5. The Morgan fingerprint density at radius 1 is 0.746 bits per heavy atom. The van der Waals surface area contributed by atoms with Crippen molar-refractivity contribution in [2.24, 2.45) is 17.3 Å². The van der Waals surface area contributed by atoms with Crippen molar-refractivity contribution in [3.8, 4) is 0 Å². The molecule has 0 heterocycles. The quantitative estimate of drug-likeness (QED) is 0.0585. The van der Waals surface area contributed by atoms with Gasteiger partial charge in [-0.25, -0.2) is 4.79 Å². The van der Waals surface area contributed by atoms with Crippen LogP contribution in [0, 0.1) is 17.3 Å². The summed E-state index contributed by atoms with van der Waals surface area (Å²) in [5.41, 5.74) is -2.27. The van der Waals surface area contributed by atoms with Crippen LogP contribution in [0.4, 0.5) is 4.79 Å². The molecule has 1 fully saturated rings. The highest BCUT2D eigenvalue weighted by atomic mass is 28.4. The number of hydrogen-bond donors (Lipinski definition) is 1. The number of amides is 1. The molecular formula is C49H69NO8Si. The number of ether oxygens (including phenoxy) is 3. The molecule has 0 aliphatic heterocycles. The number of carbonyl (C=O) groups excluding carboxylic acids is 4. The third-order valence-corrected chi connectivity index (χ3v) is 16.1. The Morgan fingerprint density at radius 2 is 1.29 bits per heavy atom. The fourth-order valence-corrected chi connectivity index (χ4v) is 13.1. The Hall–Kier alpha value is -4.12. The van der Waals surface area contributed by atoms with Gasteiger partial charge in [0.15, 0.2) is 5.78 Å². The van der Waals surface area contributed by atoms with E-state index < -0.39 is 49.0 Å². The van der Waals surface area contributed by atoms with E-state index in [1.54, 1.807) is 41.5 Å². The number of carbonyl (C=O) groups is 4. The molecule has 4 rings (SSSR count). The van der Waals surface area contributed by atoms with Gasteiger partial charge in [0.25, 0.3) is 8.32 Å². The van der Waals surface area contributed by atoms with E-state index in [1.807, 2.05) is 49.4 Å². The van der Waals surface area contributed by atoms with Crippen molar-refractivity contribution in [3.63, 3.8) is 0 Å². The van der Waals surface area contributed by atoms with E-state index >= 15 is 0 Å². The highest BCUT2D eigenvalue weighted by Gasteiger charge is 2.60. The van der Waals surface area contributed by atoms with Crippen molar-refractivity contribution >= 4 is 42.3 Å². The second kappa shape index (κ2) is 20.4. The molecule has 0 bridgehead atoms. The van der Waals surface area contributed by atoms with Crippen LogP contribution < -0.4 is 15.7 Å². The number of alkyl carbamates (subject to hydrolysis) is 1. The smallest absolute Gasteiger partial charge is 0.407 e. The molecule has 0 saturated heterocycles. The van der Waals surface area contributed by atoms with Crippen molar-refractivity contribution in [1.29, 1.82) is 0 Å². The first-order valence-corrected chi connectivity index (χ1v) is 23.3. The lowest BCUT2D eigenvalue weighted by atomic mass is 9.57. The minimum absolute atomic E-state index is 0.0240. The number of unbranched alkanes of at least 4 members (excludes halogenated alkanes) is 1. The summed E-state index contributed by atoms with van der Waals surface area (Å²) in [6, 6.07) is 30.7. The van der Waals surface area contributed by atoms with Gasteiger partial charge in [0, 0.05) is 38.3 Å². The van der Waals surface area contributed by atoms with E-state index in [2.05, 4.69) is 74.6 Å². The molecule has 1 saturated carbocycles. The van der Waals surface area contributed by atoms with Crippen molar-refractivity contribution in [3.05, 3.63) is 96.6 Å². The second-order valence-corrected chi connectivity index (χ2v) is 23.5. The van der Waals surface area contributed by atoms with E-state index in [0.29, 0.717) is 19.4 Å². The summed E-state index contributed by atoms with van der Waals surface area (Å²) >= 11 is 0. The topological polar surface area (TPSA) is 117 Å². The predicted octanol–water partition coefficient (Wildman–Crippen LogP) is 9.14. The minimum Gasteiger partial charge on any atom is -0.459 e. The van der Waals surface area contributed by atoms with Crippen LogP contribution in [0.3, 0.4) is 0 Å². The molecule has 3 aromatic rings. The molecule has 4 atom stereocenters. The maximum Gasteiger partial charge on any atom is 0.407 e. The fourth-order valence-electron chi connectivity index (χ4n) is 8.50. The van der Waals surface area contributed by atoms with Gasteiger partial charge in [-0.05, 0) is 94.1 Å². The molecule has 1 amide bonds. The molecule has 59 heavy (non-hydrogen) atoms. The van der Waals surface area contributed by atoms with Crippen LogP contribution in [0.5, 0.6) is 0 Å². The molecule has 0 aromatic heterocycles. The first kappa shape index (κ1) is 47.6. The Balaban J connectivity index is 1.59. The van der Waals surface area contributed by atoms with Gasteiger partial charge in [-0.15, -0.1) is 0 Å².